The Hall–Kier alpha value is -0.770. The minimum Gasteiger partial charge on any atom is -0.326 e. The van der Waals surface area contributed by atoms with Crippen molar-refractivity contribution in [1.29, 1.82) is 0 Å². The van der Waals surface area contributed by atoms with Crippen molar-refractivity contribution in [3.63, 3.8) is 0 Å². The smallest absolute Gasteiger partial charge is 0.0589 e. The molecule has 0 fully saturated rings. The molecular formula is C14H17NS2. The van der Waals surface area contributed by atoms with E-state index in [0.29, 0.717) is 5.25 Å². The summed E-state index contributed by atoms with van der Waals surface area (Å²) in [7, 11) is 0. The predicted octanol–water partition coefficient (Wildman–Crippen LogP) is 4.32. The maximum atomic E-state index is 6.24. The Morgan fingerprint density at radius 1 is 1.18 bits per heavy atom. The molecule has 0 saturated carbocycles. The molecule has 0 bridgehead atoms. The zero-order valence-electron chi connectivity index (χ0n) is 9.87. The Kier molecular flexibility index (Phi) is 4.66. The maximum Gasteiger partial charge on any atom is 0.0589 e. The first-order chi connectivity index (χ1) is 8.31. The number of thioether (sulfide) groups is 1. The van der Waals surface area contributed by atoms with Gasteiger partial charge in [-0.25, -0.2) is 0 Å². The van der Waals surface area contributed by atoms with Crippen LogP contribution in [0.3, 0.4) is 0 Å². The number of thiophene rings is 1. The first-order valence-electron chi connectivity index (χ1n) is 5.82. The molecule has 2 N–H and O–H groups in total. The van der Waals surface area contributed by atoms with E-state index in [-0.39, 0.29) is 6.04 Å². The van der Waals surface area contributed by atoms with E-state index in [1.54, 1.807) is 11.3 Å². The van der Waals surface area contributed by atoms with Gasteiger partial charge in [0, 0.05) is 15.8 Å². The van der Waals surface area contributed by atoms with Crippen molar-refractivity contribution in [2.75, 3.05) is 0 Å². The van der Waals surface area contributed by atoms with Gasteiger partial charge in [0.25, 0.3) is 0 Å². The third-order valence-electron chi connectivity index (χ3n) is 2.69. The number of hydrogen-bond acceptors (Lipinski definition) is 3. The lowest BCUT2D eigenvalue weighted by Crippen LogP contribution is -2.25. The monoisotopic (exact) mass is 263 g/mol. The molecule has 2 aromatic rings. The first-order valence-corrected chi connectivity index (χ1v) is 7.58. The summed E-state index contributed by atoms with van der Waals surface area (Å²) in [6.07, 6.45) is 1.00. The van der Waals surface area contributed by atoms with Crippen molar-refractivity contribution in [3.8, 4) is 0 Å². The molecule has 1 aromatic carbocycles. The van der Waals surface area contributed by atoms with Gasteiger partial charge >= 0.3 is 0 Å². The SMILES string of the molecule is CCC(N)C(Sc1ccccc1)c1cccs1. The third-order valence-corrected chi connectivity index (χ3v) is 5.20. The fourth-order valence-electron chi connectivity index (χ4n) is 1.67. The van der Waals surface area contributed by atoms with E-state index >= 15 is 0 Å². The molecular weight excluding hydrogens is 246 g/mol. The molecule has 90 valence electrons. The van der Waals surface area contributed by atoms with Crippen LogP contribution in [0.15, 0.2) is 52.7 Å². The number of nitrogens with two attached hydrogens (primary N) is 1. The van der Waals surface area contributed by atoms with E-state index in [1.807, 2.05) is 17.8 Å². The van der Waals surface area contributed by atoms with Crippen molar-refractivity contribution in [2.24, 2.45) is 5.73 Å². The molecule has 0 aliphatic carbocycles. The van der Waals surface area contributed by atoms with Crippen LogP contribution < -0.4 is 5.73 Å². The van der Waals surface area contributed by atoms with Crippen molar-refractivity contribution in [3.05, 3.63) is 52.7 Å². The molecule has 0 spiro atoms. The second-order valence-corrected chi connectivity index (χ2v) is 6.13. The third kappa shape index (κ3) is 3.35. The van der Waals surface area contributed by atoms with Crippen LogP contribution in [0.4, 0.5) is 0 Å². The van der Waals surface area contributed by atoms with Crippen LogP contribution in [-0.4, -0.2) is 6.04 Å². The summed E-state index contributed by atoms with van der Waals surface area (Å²) >= 11 is 3.66. The molecule has 0 aliphatic heterocycles. The van der Waals surface area contributed by atoms with Gasteiger partial charge in [0.15, 0.2) is 0 Å². The Morgan fingerprint density at radius 3 is 2.53 bits per heavy atom. The van der Waals surface area contributed by atoms with Gasteiger partial charge in [0.2, 0.25) is 0 Å². The Bertz CT molecular complexity index is 425. The van der Waals surface area contributed by atoms with Gasteiger partial charge in [-0.2, -0.15) is 0 Å². The standard InChI is InChI=1S/C14H17NS2/c1-2-12(15)14(13-9-6-10-16-13)17-11-7-4-3-5-8-11/h3-10,12,14H,2,15H2,1H3. The molecule has 1 heterocycles. The summed E-state index contributed by atoms with van der Waals surface area (Å²) in [5.74, 6) is 0. The number of hydrogen-bond donors (Lipinski definition) is 1. The fraction of sp³-hybridized carbons (Fsp3) is 0.286. The van der Waals surface area contributed by atoms with E-state index in [2.05, 4.69) is 48.7 Å². The molecule has 0 radical (unpaired) electrons. The van der Waals surface area contributed by atoms with Gasteiger partial charge < -0.3 is 5.73 Å². The Labute approximate surface area is 111 Å². The minimum atomic E-state index is 0.207. The molecule has 2 rings (SSSR count). The van der Waals surface area contributed by atoms with Crippen LogP contribution in [0.2, 0.25) is 0 Å². The second-order valence-electron chi connectivity index (χ2n) is 3.94. The highest BCUT2D eigenvalue weighted by Gasteiger charge is 2.20. The zero-order valence-corrected chi connectivity index (χ0v) is 11.5. The lowest BCUT2D eigenvalue weighted by atomic mass is 10.1. The Morgan fingerprint density at radius 2 is 1.94 bits per heavy atom. The van der Waals surface area contributed by atoms with Crippen molar-refractivity contribution in [1.82, 2.24) is 0 Å². The van der Waals surface area contributed by atoms with Crippen molar-refractivity contribution < 1.29 is 0 Å². The van der Waals surface area contributed by atoms with Gasteiger partial charge in [-0.3, -0.25) is 0 Å². The largest absolute Gasteiger partial charge is 0.326 e. The molecule has 0 saturated heterocycles. The van der Waals surface area contributed by atoms with E-state index in [0.717, 1.165) is 6.42 Å². The quantitative estimate of drug-likeness (QED) is 0.813. The molecule has 2 unspecified atom stereocenters. The molecule has 17 heavy (non-hydrogen) atoms. The summed E-state index contributed by atoms with van der Waals surface area (Å²) in [5.41, 5.74) is 6.24. The number of rotatable bonds is 5. The van der Waals surface area contributed by atoms with E-state index in [9.17, 15) is 0 Å². The van der Waals surface area contributed by atoms with Gasteiger partial charge in [0.1, 0.15) is 0 Å². The predicted molar refractivity (Wildman–Crippen MR) is 77.6 cm³/mol. The second kappa shape index (κ2) is 6.24. The highest BCUT2D eigenvalue weighted by Crippen LogP contribution is 2.39. The summed E-state index contributed by atoms with van der Waals surface area (Å²) < 4.78 is 0. The van der Waals surface area contributed by atoms with E-state index in [1.165, 1.54) is 9.77 Å². The van der Waals surface area contributed by atoms with Gasteiger partial charge in [-0.05, 0) is 30.0 Å². The zero-order chi connectivity index (χ0) is 12.1. The van der Waals surface area contributed by atoms with Crippen LogP contribution in [0, 0.1) is 0 Å². The molecule has 0 amide bonds. The number of benzene rings is 1. The molecule has 1 aromatic heterocycles. The average Bonchev–Trinajstić information content (AvgIpc) is 2.90. The summed E-state index contributed by atoms with van der Waals surface area (Å²) in [4.78, 5) is 2.66. The molecule has 1 nitrogen and oxygen atoms in total. The van der Waals surface area contributed by atoms with Crippen molar-refractivity contribution >= 4 is 23.1 Å². The van der Waals surface area contributed by atoms with Crippen LogP contribution in [0.5, 0.6) is 0 Å². The maximum absolute atomic E-state index is 6.24. The van der Waals surface area contributed by atoms with Crippen LogP contribution in [-0.2, 0) is 0 Å². The first kappa shape index (κ1) is 12.7. The summed E-state index contributed by atoms with van der Waals surface area (Å²) in [6, 6.07) is 15.0. The van der Waals surface area contributed by atoms with E-state index in [4.69, 9.17) is 5.73 Å². The minimum absolute atomic E-state index is 0.207. The Balaban J connectivity index is 2.17. The van der Waals surface area contributed by atoms with E-state index < -0.39 is 0 Å². The van der Waals surface area contributed by atoms with Gasteiger partial charge in [-0.1, -0.05) is 31.2 Å². The highest BCUT2D eigenvalue weighted by atomic mass is 32.2. The van der Waals surface area contributed by atoms with Gasteiger partial charge in [0.05, 0.1) is 5.25 Å². The summed E-state index contributed by atoms with van der Waals surface area (Å²) in [6.45, 7) is 2.15. The average molecular weight is 263 g/mol. The van der Waals surface area contributed by atoms with Crippen LogP contribution >= 0.6 is 23.1 Å². The lowest BCUT2D eigenvalue weighted by molar-refractivity contribution is 0.640. The normalized spacial score (nSPS) is 14.5. The fourth-order valence-corrected chi connectivity index (χ4v) is 3.93. The summed E-state index contributed by atoms with van der Waals surface area (Å²) in [5, 5.41) is 2.48. The van der Waals surface area contributed by atoms with Crippen LogP contribution in [0.1, 0.15) is 23.5 Å². The molecule has 0 aliphatic rings. The lowest BCUT2D eigenvalue weighted by Gasteiger charge is -2.21. The molecule has 2 atom stereocenters. The van der Waals surface area contributed by atoms with Gasteiger partial charge in [-0.15, -0.1) is 23.1 Å². The highest BCUT2D eigenvalue weighted by molar-refractivity contribution is 7.99. The van der Waals surface area contributed by atoms with Crippen molar-refractivity contribution in [2.45, 2.75) is 29.5 Å². The molecule has 3 heteroatoms. The van der Waals surface area contributed by atoms with Crippen LogP contribution in [0.25, 0.3) is 0 Å². The topological polar surface area (TPSA) is 26.0 Å².